The lowest BCUT2D eigenvalue weighted by Gasteiger charge is -2.16. The Morgan fingerprint density at radius 2 is 2.38 bits per heavy atom. The number of thioether (sulfide) groups is 1. The molecule has 0 saturated carbocycles. The number of rotatable bonds is 7. The van der Waals surface area contributed by atoms with Crippen LogP contribution in [0.3, 0.4) is 0 Å². The Morgan fingerprint density at radius 3 is 3.21 bits per heavy atom. The highest BCUT2D eigenvalue weighted by atomic mass is 32.2. The summed E-state index contributed by atoms with van der Waals surface area (Å²) >= 11 is 3.05. The number of carbonyl (C=O) groups is 1. The van der Waals surface area contributed by atoms with Gasteiger partial charge in [-0.05, 0) is 43.2 Å². The van der Waals surface area contributed by atoms with E-state index in [2.05, 4.69) is 35.4 Å². The lowest BCUT2D eigenvalue weighted by atomic mass is 9.90. The van der Waals surface area contributed by atoms with Crippen molar-refractivity contribution in [3.63, 3.8) is 0 Å². The first-order chi connectivity index (χ1) is 11.7. The molecule has 24 heavy (non-hydrogen) atoms. The molecule has 0 radical (unpaired) electrons. The third-order valence-corrected chi connectivity index (χ3v) is 6.17. The number of carbonyl (C=O) groups excluding carboxylic acids is 1. The molecule has 130 valence electrons. The average Bonchev–Trinajstić information content (AvgIpc) is 3.19. The zero-order chi connectivity index (χ0) is 16.9. The Bertz CT molecular complexity index is 696. The molecule has 0 spiro atoms. The van der Waals surface area contributed by atoms with Gasteiger partial charge >= 0.3 is 0 Å². The SMILES string of the molecule is CCCCNC(=O)CSc1nnc(-c2cc3c(s2)CCC(C)C3)o1. The van der Waals surface area contributed by atoms with E-state index in [0.717, 1.165) is 43.0 Å². The number of hydrogen-bond donors (Lipinski definition) is 1. The van der Waals surface area contributed by atoms with Gasteiger partial charge in [-0.1, -0.05) is 32.0 Å². The minimum Gasteiger partial charge on any atom is -0.410 e. The largest absolute Gasteiger partial charge is 0.410 e. The van der Waals surface area contributed by atoms with E-state index in [1.54, 1.807) is 11.3 Å². The summed E-state index contributed by atoms with van der Waals surface area (Å²) < 4.78 is 5.72. The zero-order valence-electron chi connectivity index (χ0n) is 14.1. The van der Waals surface area contributed by atoms with E-state index < -0.39 is 0 Å². The number of hydrogen-bond acceptors (Lipinski definition) is 6. The quantitative estimate of drug-likeness (QED) is 0.595. The summed E-state index contributed by atoms with van der Waals surface area (Å²) in [6.45, 7) is 5.13. The summed E-state index contributed by atoms with van der Waals surface area (Å²) in [4.78, 5) is 14.2. The predicted octanol–water partition coefficient (Wildman–Crippen LogP) is 3.93. The van der Waals surface area contributed by atoms with Gasteiger partial charge in [-0.2, -0.15) is 0 Å². The first-order valence-electron chi connectivity index (χ1n) is 8.50. The Hall–Kier alpha value is -1.34. The van der Waals surface area contributed by atoms with Crippen LogP contribution in [-0.2, 0) is 17.6 Å². The van der Waals surface area contributed by atoms with Crippen LogP contribution in [0.1, 0.15) is 43.6 Å². The second kappa shape index (κ2) is 8.16. The number of unbranched alkanes of at least 4 members (excludes halogenated alkanes) is 1. The highest BCUT2D eigenvalue weighted by Crippen LogP contribution is 2.37. The van der Waals surface area contributed by atoms with E-state index in [0.29, 0.717) is 16.9 Å². The smallest absolute Gasteiger partial charge is 0.277 e. The molecular formula is C17H23N3O2S2. The minimum absolute atomic E-state index is 0.00813. The van der Waals surface area contributed by atoms with Crippen molar-refractivity contribution in [3.8, 4) is 10.8 Å². The summed E-state index contributed by atoms with van der Waals surface area (Å²) in [6.07, 6.45) is 5.62. The van der Waals surface area contributed by atoms with Crippen LogP contribution in [0.5, 0.6) is 0 Å². The van der Waals surface area contributed by atoms with Crippen molar-refractivity contribution >= 4 is 29.0 Å². The standard InChI is InChI=1S/C17H23N3O2S2/c1-3-4-7-18-15(21)10-23-17-20-19-16(22-17)14-9-12-8-11(2)5-6-13(12)24-14/h9,11H,3-8,10H2,1-2H3,(H,18,21). The molecule has 2 aromatic rings. The predicted molar refractivity (Wildman–Crippen MR) is 97.4 cm³/mol. The van der Waals surface area contributed by atoms with Gasteiger partial charge in [0.15, 0.2) is 0 Å². The average molecular weight is 366 g/mol. The van der Waals surface area contributed by atoms with E-state index in [4.69, 9.17) is 4.42 Å². The molecule has 0 aliphatic heterocycles. The maximum Gasteiger partial charge on any atom is 0.277 e. The summed E-state index contributed by atoms with van der Waals surface area (Å²) in [6, 6.07) is 2.19. The molecule has 2 aromatic heterocycles. The highest BCUT2D eigenvalue weighted by Gasteiger charge is 2.21. The minimum atomic E-state index is 0.00813. The van der Waals surface area contributed by atoms with Crippen LogP contribution in [-0.4, -0.2) is 28.4 Å². The third-order valence-electron chi connectivity index (χ3n) is 4.13. The fourth-order valence-electron chi connectivity index (χ4n) is 2.76. The number of amides is 1. The number of nitrogens with zero attached hydrogens (tertiary/aromatic N) is 2. The van der Waals surface area contributed by atoms with Crippen LogP contribution in [0.4, 0.5) is 0 Å². The molecule has 1 unspecified atom stereocenters. The van der Waals surface area contributed by atoms with Gasteiger partial charge in [-0.25, -0.2) is 0 Å². The van der Waals surface area contributed by atoms with Gasteiger partial charge in [-0.3, -0.25) is 4.79 Å². The molecule has 3 rings (SSSR count). The van der Waals surface area contributed by atoms with Gasteiger partial charge < -0.3 is 9.73 Å². The molecule has 1 atom stereocenters. The van der Waals surface area contributed by atoms with Crippen LogP contribution >= 0.6 is 23.1 Å². The molecule has 0 saturated heterocycles. The maximum atomic E-state index is 11.7. The number of aromatic nitrogens is 2. The van der Waals surface area contributed by atoms with Crippen LogP contribution in [0.15, 0.2) is 15.7 Å². The molecule has 0 fully saturated rings. The Balaban J connectivity index is 1.57. The zero-order valence-corrected chi connectivity index (χ0v) is 15.8. The molecule has 7 heteroatoms. The molecule has 1 aliphatic carbocycles. The molecule has 1 N–H and O–H groups in total. The topological polar surface area (TPSA) is 68.0 Å². The second-order valence-electron chi connectivity index (χ2n) is 6.27. The summed E-state index contributed by atoms with van der Waals surface area (Å²) in [5, 5.41) is 11.5. The second-order valence-corrected chi connectivity index (χ2v) is 8.34. The fraction of sp³-hybridized carbons (Fsp3) is 0.588. The lowest BCUT2D eigenvalue weighted by Crippen LogP contribution is -2.25. The molecule has 1 aliphatic rings. The summed E-state index contributed by atoms with van der Waals surface area (Å²) in [7, 11) is 0. The van der Waals surface area contributed by atoms with E-state index in [1.807, 2.05) is 0 Å². The molecule has 1 amide bonds. The van der Waals surface area contributed by atoms with Crippen molar-refractivity contribution in [2.24, 2.45) is 5.92 Å². The number of fused-ring (bicyclic) bond motifs is 1. The van der Waals surface area contributed by atoms with Gasteiger partial charge in [0.25, 0.3) is 11.1 Å². The molecule has 2 heterocycles. The van der Waals surface area contributed by atoms with Gasteiger partial charge in [0, 0.05) is 11.4 Å². The van der Waals surface area contributed by atoms with Gasteiger partial charge in [-0.15, -0.1) is 21.5 Å². The van der Waals surface area contributed by atoms with Gasteiger partial charge in [0.2, 0.25) is 5.91 Å². The Kier molecular flexibility index (Phi) is 5.94. The van der Waals surface area contributed by atoms with Crippen LogP contribution < -0.4 is 5.32 Å². The van der Waals surface area contributed by atoms with Crippen molar-refractivity contribution in [1.82, 2.24) is 15.5 Å². The van der Waals surface area contributed by atoms with Crippen molar-refractivity contribution in [1.29, 1.82) is 0 Å². The monoisotopic (exact) mass is 365 g/mol. The third kappa shape index (κ3) is 4.39. The molecule has 5 nitrogen and oxygen atoms in total. The molecule has 0 aromatic carbocycles. The fourth-order valence-corrected chi connectivity index (χ4v) is 4.48. The summed E-state index contributed by atoms with van der Waals surface area (Å²) in [5.74, 6) is 1.63. The van der Waals surface area contributed by atoms with Crippen molar-refractivity contribution in [2.45, 2.75) is 51.2 Å². The van der Waals surface area contributed by atoms with E-state index in [9.17, 15) is 4.79 Å². The molecular weight excluding hydrogens is 342 g/mol. The highest BCUT2D eigenvalue weighted by molar-refractivity contribution is 7.99. The maximum absolute atomic E-state index is 11.7. The normalized spacial score (nSPS) is 16.8. The number of thiophene rings is 1. The van der Waals surface area contributed by atoms with E-state index >= 15 is 0 Å². The van der Waals surface area contributed by atoms with Crippen LogP contribution in [0.2, 0.25) is 0 Å². The first-order valence-corrected chi connectivity index (χ1v) is 10.3. The van der Waals surface area contributed by atoms with E-state index in [1.165, 1.54) is 28.6 Å². The van der Waals surface area contributed by atoms with Crippen molar-refractivity contribution in [2.75, 3.05) is 12.3 Å². The first kappa shape index (κ1) is 17.5. The van der Waals surface area contributed by atoms with E-state index in [-0.39, 0.29) is 5.91 Å². The van der Waals surface area contributed by atoms with Gasteiger partial charge in [0.1, 0.15) is 0 Å². The Morgan fingerprint density at radius 1 is 1.50 bits per heavy atom. The summed E-state index contributed by atoms with van der Waals surface area (Å²) in [5.41, 5.74) is 1.43. The lowest BCUT2D eigenvalue weighted by molar-refractivity contribution is -0.118. The number of aryl methyl sites for hydroxylation is 1. The van der Waals surface area contributed by atoms with Crippen LogP contribution in [0.25, 0.3) is 10.8 Å². The van der Waals surface area contributed by atoms with Crippen LogP contribution in [0, 0.1) is 5.92 Å². The Labute approximate surface area is 150 Å². The van der Waals surface area contributed by atoms with Crippen molar-refractivity contribution < 1.29 is 9.21 Å². The molecule has 0 bridgehead atoms. The van der Waals surface area contributed by atoms with Gasteiger partial charge in [0.05, 0.1) is 10.6 Å². The number of nitrogens with one attached hydrogen (secondary N) is 1. The van der Waals surface area contributed by atoms with Crippen molar-refractivity contribution in [3.05, 3.63) is 16.5 Å².